The molecule has 0 radical (unpaired) electrons. The summed E-state index contributed by atoms with van der Waals surface area (Å²) in [7, 11) is 2.99. The quantitative estimate of drug-likeness (QED) is 0.0680. The Kier molecular flexibility index (Phi) is 11.3. The van der Waals surface area contributed by atoms with Gasteiger partial charge in [-0.05, 0) is 82.5 Å². The van der Waals surface area contributed by atoms with Gasteiger partial charge in [0.15, 0.2) is 29.2 Å². The lowest BCUT2D eigenvalue weighted by Gasteiger charge is -2.32. The topological polar surface area (TPSA) is 145 Å². The van der Waals surface area contributed by atoms with Gasteiger partial charge in [0, 0.05) is 37.2 Å². The van der Waals surface area contributed by atoms with Gasteiger partial charge in [-0.15, -0.1) is 4.99 Å². The number of aliphatic imine (C=N–C) groups is 1. The number of aromatic nitrogens is 1. The van der Waals surface area contributed by atoms with Crippen LogP contribution in [0.5, 0.6) is 23.0 Å². The number of hydrogen-bond donors (Lipinski definition) is 5. The molecule has 3 atom stereocenters. The average Bonchev–Trinajstić information content (AvgIpc) is 3.88. The molecule has 4 aromatic carbocycles. The largest absolute Gasteiger partial charge is 0.504 e. The lowest BCUT2D eigenvalue weighted by Crippen LogP contribution is -2.41. The van der Waals surface area contributed by atoms with Crippen LogP contribution in [0.25, 0.3) is 10.8 Å². The Labute approximate surface area is 303 Å². The Morgan fingerprint density at radius 1 is 0.904 bits per heavy atom. The SMILES string of the molecule is COc1cc(CC(CO)(CC2=C[CH+]N=C2)C(=O)CC(O)C(Cc2cc[nH]c2)Cc2ccc(O)c(OC)c2Cc2cccc3ccccc23)ccc1O. The van der Waals surface area contributed by atoms with Gasteiger partial charge in [-0.3, -0.25) is 4.79 Å². The first-order valence-electron chi connectivity index (χ1n) is 17.4. The molecule has 52 heavy (non-hydrogen) atoms. The summed E-state index contributed by atoms with van der Waals surface area (Å²) in [5.41, 5.74) is 3.96. The maximum absolute atomic E-state index is 14.5. The first-order chi connectivity index (χ1) is 25.2. The van der Waals surface area contributed by atoms with Crippen LogP contribution in [0.2, 0.25) is 0 Å². The fourth-order valence-corrected chi connectivity index (χ4v) is 7.39. The predicted molar refractivity (Wildman–Crippen MR) is 202 cm³/mol. The molecule has 0 saturated heterocycles. The van der Waals surface area contributed by atoms with Gasteiger partial charge in [-0.25, -0.2) is 0 Å². The van der Waals surface area contributed by atoms with E-state index in [0.29, 0.717) is 30.6 Å². The molecule has 268 valence electrons. The molecule has 0 aliphatic carbocycles. The number of fused-ring (bicyclic) bond motifs is 1. The van der Waals surface area contributed by atoms with E-state index < -0.39 is 24.0 Å². The Morgan fingerprint density at radius 2 is 1.71 bits per heavy atom. The first kappa shape index (κ1) is 36.3. The third-order valence-corrected chi connectivity index (χ3v) is 10.2. The van der Waals surface area contributed by atoms with Crippen molar-refractivity contribution < 1.29 is 34.7 Å². The van der Waals surface area contributed by atoms with E-state index in [2.05, 4.69) is 34.2 Å². The van der Waals surface area contributed by atoms with Crippen molar-refractivity contribution in [1.29, 1.82) is 0 Å². The number of ketones is 1. The van der Waals surface area contributed by atoms with Gasteiger partial charge in [0.05, 0.1) is 38.4 Å². The molecular formula is C43H45N2O7+. The van der Waals surface area contributed by atoms with Gasteiger partial charge < -0.3 is 34.9 Å². The standard InChI is InChI=1S/C43H44N2O7/c1-51-40-19-28(10-12-37(40)47)23-43(27-46,24-30-15-17-45-26-30)41(50)22-39(49)34(18-29-14-16-44-25-29)20-33-11-13-38(48)42(52-2)36(33)21-32-8-5-7-31-6-3-4-9-35(31)32/h3-17,19,25-26,34,39,44,46,49H,18,20-24,27H2,1-2H3,(H-,47,48)/p+1. The molecule has 9 heteroatoms. The van der Waals surface area contributed by atoms with E-state index in [1.165, 1.54) is 20.3 Å². The number of nitrogens with zero attached hydrogens (tertiary/aromatic N) is 1. The van der Waals surface area contributed by atoms with Gasteiger partial charge in [-0.2, -0.15) is 0 Å². The highest BCUT2D eigenvalue weighted by Crippen LogP contribution is 2.39. The van der Waals surface area contributed by atoms with Gasteiger partial charge in [0.25, 0.3) is 0 Å². The molecule has 5 aromatic rings. The van der Waals surface area contributed by atoms with E-state index in [9.17, 15) is 25.2 Å². The number of phenolic OH excluding ortho intramolecular Hbond substituents is 2. The Morgan fingerprint density at radius 3 is 2.44 bits per heavy atom. The van der Waals surface area contributed by atoms with Gasteiger partial charge in [0.2, 0.25) is 0 Å². The summed E-state index contributed by atoms with van der Waals surface area (Å²) in [6, 6.07) is 24.6. The maximum atomic E-state index is 14.5. The van der Waals surface area contributed by atoms with Crippen LogP contribution in [0.1, 0.15) is 40.7 Å². The Bertz CT molecular complexity index is 2060. The predicted octanol–water partition coefficient (Wildman–Crippen LogP) is 6.69. The van der Waals surface area contributed by atoms with Gasteiger partial charge in [0.1, 0.15) is 17.9 Å². The minimum Gasteiger partial charge on any atom is -0.504 e. The van der Waals surface area contributed by atoms with Crippen molar-refractivity contribution in [3.63, 3.8) is 0 Å². The normalized spacial score (nSPS) is 14.7. The molecule has 9 nitrogen and oxygen atoms in total. The van der Waals surface area contributed by atoms with Crippen LogP contribution in [0.3, 0.4) is 0 Å². The molecule has 0 saturated carbocycles. The fraction of sp³-hybridized carbons (Fsp3) is 0.279. The van der Waals surface area contributed by atoms with Crippen molar-refractivity contribution in [2.45, 2.75) is 44.6 Å². The number of methoxy groups -OCH3 is 2. The number of aliphatic hydroxyl groups excluding tert-OH is 2. The molecule has 1 aromatic heterocycles. The molecule has 1 aliphatic heterocycles. The second-order valence-corrected chi connectivity index (χ2v) is 13.6. The fourth-order valence-electron chi connectivity index (χ4n) is 7.39. The summed E-state index contributed by atoms with van der Waals surface area (Å²) in [4.78, 5) is 21.8. The number of aliphatic hydroxyl groups is 2. The van der Waals surface area contributed by atoms with Crippen molar-refractivity contribution in [1.82, 2.24) is 4.98 Å². The van der Waals surface area contributed by atoms with E-state index in [4.69, 9.17) is 9.47 Å². The van der Waals surface area contributed by atoms with Crippen LogP contribution in [-0.2, 0) is 30.5 Å². The maximum Gasteiger partial charge on any atom is 0.176 e. The third-order valence-electron chi connectivity index (χ3n) is 10.2. The minimum atomic E-state index is -1.28. The molecule has 0 spiro atoms. The Balaban J connectivity index is 1.33. The molecule has 0 amide bonds. The molecular weight excluding hydrogens is 656 g/mol. The molecule has 3 unspecified atom stereocenters. The highest BCUT2D eigenvalue weighted by molar-refractivity contribution is 5.89. The Hall–Kier alpha value is -5.51. The number of carbonyl (C=O) groups is 1. The number of aromatic hydroxyl groups is 2. The van der Waals surface area contributed by atoms with Crippen LogP contribution in [0.15, 0.2) is 108 Å². The average molecular weight is 702 g/mol. The molecule has 6 rings (SSSR count). The minimum absolute atomic E-state index is 0.0267. The smallest absolute Gasteiger partial charge is 0.176 e. The van der Waals surface area contributed by atoms with E-state index in [0.717, 1.165) is 38.6 Å². The van der Waals surface area contributed by atoms with E-state index >= 15 is 0 Å². The summed E-state index contributed by atoms with van der Waals surface area (Å²) in [6.45, 7) is 1.19. The number of carbonyl (C=O) groups excluding carboxylic acids is 1. The van der Waals surface area contributed by atoms with Crippen LogP contribution in [0, 0.1) is 17.9 Å². The van der Waals surface area contributed by atoms with Crippen molar-refractivity contribution in [3.05, 3.63) is 137 Å². The third kappa shape index (κ3) is 8.01. The number of rotatable bonds is 17. The lowest BCUT2D eigenvalue weighted by molar-refractivity contribution is -0.134. The second-order valence-electron chi connectivity index (χ2n) is 13.6. The molecule has 2 heterocycles. The number of nitrogens with one attached hydrogen (secondary N) is 1. The van der Waals surface area contributed by atoms with E-state index in [-0.39, 0.29) is 42.3 Å². The van der Waals surface area contributed by atoms with Crippen molar-refractivity contribution in [3.8, 4) is 23.0 Å². The van der Waals surface area contributed by atoms with Crippen LogP contribution >= 0.6 is 0 Å². The number of H-pyrrole nitrogens is 1. The summed E-state index contributed by atoms with van der Waals surface area (Å²) >= 11 is 0. The number of hydrogen-bond acceptors (Lipinski definition) is 8. The number of phenols is 2. The van der Waals surface area contributed by atoms with Gasteiger partial charge in [-0.1, -0.05) is 54.6 Å². The molecule has 0 bridgehead atoms. The number of aromatic amines is 1. The molecule has 5 N–H and O–H groups in total. The van der Waals surface area contributed by atoms with Crippen molar-refractivity contribution >= 4 is 22.8 Å². The molecule has 1 aliphatic rings. The van der Waals surface area contributed by atoms with Crippen LogP contribution < -0.4 is 9.47 Å². The number of benzene rings is 4. The summed E-state index contributed by atoms with van der Waals surface area (Å²) in [5, 5.41) is 46.3. The second kappa shape index (κ2) is 16.2. The van der Waals surface area contributed by atoms with Crippen LogP contribution in [0.4, 0.5) is 0 Å². The zero-order valence-electron chi connectivity index (χ0n) is 29.5. The van der Waals surface area contributed by atoms with E-state index in [1.54, 1.807) is 31.0 Å². The van der Waals surface area contributed by atoms with Crippen molar-refractivity contribution in [2.75, 3.05) is 20.8 Å². The number of ether oxygens (including phenoxy) is 2. The van der Waals surface area contributed by atoms with Crippen molar-refractivity contribution in [2.24, 2.45) is 16.3 Å². The highest BCUT2D eigenvalue weighted by atomic mass is 16.5. The lowest BCUT2D eigenvalue weighted by atomic mass is 9.71. The zero-order valence-corrected chi connectivity index (χ0v) is 29.5. The zero-order chi connectivity index (χ0) is 36.7. The monoisotopic (exact) mass is 701 g/mol. The number of Topliss-reactive ketones (excluding diaryl/α,β-unsaturated/α-hetero) is 1. The van der Waals surface area contributed by atoms with Crippen LogP contribution in [-0.4, -0.2) is 64.3 Å². The van der Waals surface area contributed by atoms with Gasteiger partial charge >= 0.3 is 0 Å². The summed E-state index contributed by atoms with van der Waals surface area (Å²) in [5.74, 6) is -0.0495. The summed E-state index contributed by atoms with van der Waals surface area (Å²) < 4.78 is 11.1. The highest BCUT2D eigenvalue weighted by Gasteiger charge is 2.42. The number of allylic oxidation sites excluding steroid dienone is 1. The molecule has 0 fully saturated rings. The van der Waals surface area contributed by atoms with E-state index in [1.807, 2.05) is 48.8 Å². The summed E-state index contributed by atoms with van der Waals surface area (Å²) in [6.07, 6.45) is 7.65. The first-order valence-corrected chi connectivity index (χ1v) is 17.4.